The Balaban J connectivity index is 2.02. The number of rotatable bonds is 3. The maximum Gasteiger partial charge on any atom is 0.125 e. The Labute approximate surface area is 118 Å². The van der Waals surface area contributed by atoms with Crippen molar-refractivity contribution in [1.82, 2.24) is 15.1 Å². The van der Waals surface area contributed by atoms with Gasteiger partial charge in [0.05, 0.1) is 11.9 Å². The predicted molar refractivity (Wildman–Crippen MR) is 77.5 cm³/mol. The van der Waals surface area contributed by atoms with E-state index in [1.165, 1.54) is 23.7 Å². The van der Waals surface area contributed by atoms with Crippen molar-refractivity contribution in [1.29, 1.82) is 0 Å². The lowest BCUT2D eigenvalue weighted by molar-refractivity contribution is 0.503. The molecule has 0 radical (unpaired) electrons. The molecule has 20 heavy (non-hydrogen) atoms. The van der Waals surface area contributed by atoms with Gasteiger partial charge >= 0.3 is 0 Å². The van der Waals surface area contributed by atoms with E-state index in [1.54, 1.807) is 12.1 Å². The van der Waals surface area contributed by atoms with Crippen LogP contribution in [-0.4, -0.2) is 16.3 Å². The molecule has 1 atom stereocenters. The van der Waals surface area contributed by atoms with Crippen molar-refractivity contribution < 1.29 is 4.39 Å². The average molecular weight is 273 g/mol. The van der Waals surface area contributed by atoms with Crippen LogP contribution in [0.15, 0.2) is 30.5 Å². The largest absolute Gasteiger partial charge is 0.310 e. The topological polar surface area (TPSA) is 29.9 Å². The van der Waals surface area contributed by atoms with Crippen molar-refractivity contribution in [3.8, 4) is 5.69 Å². The Kier molecular flexibility index (Phi) is 3.83. The van der Waals surface area contributed by atoms with Crippen LogP contribution in [0.3, 0.4) is 0 Å². The molecule has 0 fully saturated rings. The lowest BCUT2D eigenvalue weighted by Gasteiger charge is -2.15. The van der Waals surface area contributed by atoms with Gasteiger partial charge in [-0.05, 0) is 44.0 Å². The summed E-state index contributed by atoms with van der Waals surface area (Å²) in [4.78, 5) is 0. The molecule has 0 bridgehead atoms. The zero-order valence-electron chi connectivity index (χ0n) is 11.8. The number of hydrogen-bond donors (Lipinski definition) is 1. The van der Waals surface area contributed by atoms with E-state index in [2.05, 4.69) is 17.3 Å². The number of hydrogen-bond acceptors (Lipinski definition) is 2. The van der Waals surface area contributed by atoms with Crippen LogP contribution in [0.2, 0.25) is 0 Å². The van der Waals surface area contributed by atoms with Gasteiger partial charge in [-0.2, -0.15) is 5.10 Å². The molecule has 0 saturated heterocycles. The van der Waals surface area contributed by atoms with Crippen LogP contribution in [-0.2, 0) is 6.42 Å². The molecule has 0 aliphatic heterocycles. The molecule has 4 heteroatoms. The Morgan fingerprint density at radius 1 is 1.40 bits per heavy atom. The van der Waals surface area contributed by atoms with E-state index in [1.807, 2.05) is 16.9 Å². The van der Waals surface area contributed by atoms with Gasteiger partial charge in [-0.25, -0.2) is 9.07 Å². The predicted octanol–water partition coefficient (Wildman–Crippen LogP) is 3.39. The molecule has 3 rings (SSSR count). The molecule has 0 saturated carbocycles. The first kappa shape index (κ1) is 13.3. The van der Waals surface area contributed by atoms with Gasteiger partial charge < -0.3 is 5.32 Å². The quantitative estimate of drug-likeness (QED) is 0.869. The van der Waals surface area contributed by atoms with Gasteiger partial charge in [0.15, 0.2) is 0 Å². The zero-order chi connectivity index (χ0) is 13.9. The molecule has 1 aliphatic carbocycles. The number of halogens is 1. The highest BCUT2D eigenvalue weighted by molar-refractivity contribution is 5.37. The second-order valence-electron chi connectivity index (χ2n) is 5.29. The monoisotopic (exact) mass is 273 g/mol. The minimum atomic E-state index is -0.219. The second-order valence-corrected chi connectivity index (χ2v) is 5.29. The Bertz CT molecular complexity index is 591. The maximum atomic E-state index is 13.4. The van der Waals surface area contributed by atoms with Gasteiger partial charge in [0, 0.05) is 17.3 Å². The molecule has 3 nitrogen and oxygen atoms in total. The van der Waals surface area contributed by atoms with Crippen LogP contribution in [0.1, 0.15) is 43.5 Å². The summed E-state index contributed by atoms with van der Waals surface area (Å²) in [7, 11) is 0. The van der Waals surface area contributed by atoms with Crippen LogP contribution in [0.4, 0.5) is 4.39 Å². The first-order valence-corrected chi connectivity index (χ1v) is 7.35. The van der Waals surface area contributed by atoms with Crippen molar-refractivity contribution >= 4 is 0 Å². The summed E-state index contributed by atoms with van der Waals surface area (Å²) in [5.74, 6) is -0.219. The highest BCUT2D eigenvalue weighted by Gasteiger charge is 2.22. The Morgan fingerprint density at radius 3 is 3.10 bits per heavy atom. The third-order valence-corrected chi connectivity index (χ3v) is 3.94. The Morgan fingerprint density at radius 2 is 2.30 bits per heavy atom. The molecule has 1 heterocycles. The molecule has 2 aromatic rings. The van der Waals surface area contributed by atoms with Gasteiger partial charge in [-0.15, -0.1) is 0 Å². The average Bonchev–Trinajstić information content (AvgIpc) is 2.76. The number of nitrogens with zero attached hydrogens (tertiary/aromatic N) is 2. The summed E-state index contributed by atoms with van der Waals surface area (Å²) < 4.78 is 15.3. The lowest BCUT2D eigenvalue weighted by atomic mass is 10.1. The third kappa shape index (κ3) is 2.48. The highest BCUT2D eigenvalue weighted by Crippen LogP contribution is 2.30. The molecule has 0 spiro atoms. The maximum absolute atomic E-state index is 13.4. The molecule has 106 valence electrons. The second kappa shape index (κ2) is 5.75. The minimum absolute atomic E-state index is 0.219. The zero-order valence-corrected chi connectivity index (χ0v) is 11.8. The van der Waals surface area contributed by atoms with Crippen molar-refractivity contribution in [2.75, 3.05) is 6.54 Å². The fraction of sp³-hybridized carbons (Fsp3) is 0.438. The fourth-order valence-electron chi connectivity index (χ4n) is 3.01. The number of nitrogens with one attached hydrogen (secondary N) is 1. The van der Waals surface area contributed by atoms with Crippen LogP contribution in [0.25, 0.3) is 5.69 Å². The molecular weight excluding hydrogens is 253 g/mol. The van der Waals surface area contributed by atoms with E-state index in [9.17, 15) is 4.39 Å². The summed E-state index contributed by atoms with van der Waals surface area (Å²) in [6.45, 7) is 3.08. The van der Waals surface area contributed by atoms with Gasteiger partial charge in [-0.1, -0.05) is 19.4 Å². The molecule has 1 aliphatic rings. The van der Waals surface area contributed by atoms with E-state index in [0.29, 0.717) is 6.04 Å². The van der Waals surface area contributed by atoms with Crippen molar-refractivity contribution in [2.45, 2.75) is 38.6 Å². The SMILES string of the molecule is CCNC1CCCCc2c1cnn2-c1cccc(F)c1. The summed E-state index contributed by atoms with van der Waals surface area (Å²) in [5, 5.41) is 8.02. The van der Waals surface area contributed by atoms with E-state index in [-0.39, 0.29) is 5.82 Å². The van der Waals surface area contributed by atoms with E-state index < -0.39 is 0 Å². The van der Waals surface area contributed by atoms with Gasteiger partial charge in [0.25, 0.3) is 0 Å². The minimum Gasteiger partial charge on any atom is -0.310 e. The molecular formula is C16H20FN3. The van der Waals surface area contributed by atoms with E-state index in [4.69, 9.17) is 0 Å². The van der Waals surface area contributed by atoms with Crippen LogP contribution in [0, 0.1) is 5.82 Å². The lowest BCUT2D eigenvalue weighted by Crippen LogP contribution is -2.20. The smallest absolute Gasteiger partial charge is 0.125 e. The van der Waals surface area contributed by atoms with Gasteiger partial charge in [0.2, 0.25) is 0 Å². The highest BCUT2D eigenvalue weighted by atomic mass is 19.1. The van der Waals surface area contributed by atoms with Crippen molar-refractivity contribution in [3.63, 3.8) is 0 Å². The summed E-state index contributed by atoms with van der Waals surface area (Å²) in [6.07, 6.45) is 6.48. The van der Waals surface area contributed by atoms with Crippen molar-refractivity contribution in [3.05, 3.63) is 47.5 Å². The molecule has 1 aromatic carbocycles. The van der Waals surface area contributed by atoms with Gasteiger partial charge in [-0.3, -0.25) is 0 Å². The number of benzene rings is 1. The van der Waals surface area contributed by atoms with Gasteiger partial charge in [0.1, 0.15) is 5.82 Å². The fourth-order valence-corrected chi connectivity index (χ4v) is 3.01. The van der Waals surface area contributed by atoms with E-state index in [0.717, 1.165) is 31.5 Å². The number of fused-ring (bicyclic) bond motifs is 1. The molecule has 1 N–H and O–H groups in total. The van der Waals surface area contributed by atoms with E-state index >= 15 is 0 Å². The van der Waals surface area contributed by atoms with Crippen molar-refractivity contribution in [2.24, 2.45) is 0 Å². The molecule has 1 unspecified atom stereocenters. The first-order chi connectivity index (χ1) is 9.79. The van der Waals surface area contributed by atoms with Crippen LogP contribution in [0.5, 0.6) is 0 Å². The van der Waals surface area contributed by atoms with Crippen LogP contribution >= 0.6 is 0 Å². The first-order valence-electron chi connectivity index (χ1n) is 7.35. The van der Waals surface area contributed by atoms with Crippen LogP contribution < -0.4 is 5.32 Å². The summed E-state index contributed by atoms with van der Waals surface area (Å²) in [6, 6.07) is 7.02. The molecule has 0 amide bonds. The number of aromatic nitrogens is 2. The summed E-state index contributed by atoms with van der Waals surface area (Å²) in [5.41, 5.74) is 3.30. The molecule has 1 aromatic heterocycles. The Hall–Kier alpha value is -1.68. The normalized spacial score (nSPS) is 18.6. The third-order valence-electron chi connectivity index (χ3n) is 3.94. The summed E-state index contributed by atoms with van der Waals surface area (Å²) >= 11 is 0. The standard InChI is InChI=1S/C16H20FN3/c1-2-18-15-8-3-4-9-16-14(15)11-19-20(16)13-7-5-6-12(17)10-13/h5-7,10-11,15,18H,2-4,8-9H2,1H3.